The second-order valence-corrected chi connectivity index (χ2v) is 7.16. The Morgan fingerprint density at radius 3 is 2.28 bits per heavy atom. The molecule has 1 unspecified atom stereocenters. The minimum Gasteiger partial charge on any atom is -0.378 e. The molecule has 0 saturated carbocycles. The van der Waals surface area contributed by atoms with Crippen molar-refractivity contribution in [1.82, 2.24) is 0 Å². The Bertz CT molecular complexity index is 745. The van der Waals surface area contributed by atoms with E-state index < -0.39 is 0 Å². The van der Waals surface area contributed by atoms with Gasteiger partial charge in [0.25, 0.3) is 0 Å². The van der Waals surface area contributed by atoms with Gasteiger partial charge in [-0.3, -0.25) is 9.69 Å². The molecule has 4 rings (SSSR count). The van der Waals surface area contributed by atoms with Crippen LogP contribution in [0.25, 0.3) is 0 Å². The third kappa shape index (κ3) is 3.37. The highest BCUT2D eigenvalue weighted by molar-refractivity contribution is 8.00. The Morgan fingerprint density at radius 1 is 0.960 bits per heavy atom. The molecule has 0 radical (unpaired) electrons. The molecule has 2 aliphatic rings. The van der Waals surface area contributed by atoms with Gasteiger partial charge in [-0.15, -0.1) is 11.8 Å². The van der Waals surface area contributed by atoms with Crippen LogP contribution in [0.2, 0.25) is 0 Å². The number of ether oxygens (including phenoxy) is 1. The number of carbonyl (C=O) groups is 1. The Hall–Kier alpha value is -2.05. The van der Waals surface area contributed by atoms with E-state index in [1.807, 2.05) is 12.1 Å². The number of anilines is 2. The standard InChI is InChI=1S/C19H19FN2O2S/c20-15-3-1-14(2-4-15)19-22(18(23)13-25-19)17-7-5-16(6-8-17)21-9-11-24-12-10-21/h1-8,19H,9-13H2. The molecule has 2 aliphatic heterocycles. The van der Waals surface area contributed by atoms with Gasteiger partial charge < -0.3 is 9.64 Å². The van der Waals surface area contributed by atoms with Crippen molar-refractivity contribution in [1.29, 1.82) is 0 Å². The molecule has 0 spiro atoms. The number of hydrogen-bond acceptors (Lipinski definition) is 4. The lowest BCUT2D eigenvalue weighted by Crippen LogP contribution is -2.36. The van der Waals surface area contributed by atoms with Gasteiger partial charge in [0, 0.05) is 24.5 Å². The molecule has 0 bridgehead atoms. The largest absolute Gasteiger partial charge is 0.378 e. The van der Waals surface area contributed by atoms with E-state index in [-0.39, 0.29) is 17.1 Å². The maximum Gasteiger partial charge on any atom is 0.238 e. The highest BCUT2D eigenvalue weighted by Crippen LogP contribution is 2.42. The van der Waals surface area contributed by atoms with E-state index in [2.05, 4.69) is 17.0 Å². The molecule has 0 N–H and O–H groups in total. The molecule has 2 heterocycles. The maximum atomic E-state index is 13.2. The van der Waals surface area contributed by atoms with Gasteiger partial charge >= 0.3 is 0 Å². The van der Waals surface area contributed by atoms with Gasteiger partial charge in [0.2, 0.25) is 5.91 Å². The minimum absolute atomic E-state index is 0.0819. The fourth-order valence-corrected chi connectivity index (χ4v) is 4.40. The van der Waals surface area contributed by atoms with E-state index in [0.29, 0.717) is 5.75 Å². The summed E-state index contributed by atoms with van der Waals surface area (Å²) in [6, 6.07) is 14.5. The van der Waals surface area contributed by atoms with Crippen LogP contribution in [-0.4, -0.2) is 38.0 Å². The van der Waals surface area contributed by atoms with Crippen molar-refractivity contribution in [2.75, 3.05) is 41.9 Å². The number of nitrogens with zero attached hydrogens (tertiary/aromatic N) is 2. The summed E-state index contributed by atoms with van der Waals surface area (Å²) in [5, 5.41) is -0.109. The first kappa shape index (κ1) is 16.4. The molecule has 4 nitrogen and oxygen atoms in total. The van der Waals surface area contributed by atoms with E-state index in [4.69, 9.17) is 4.74 Å². The van der Waals surface area contributed by atoms with Gasteiger partial charge in [-0.2, -0.15) is 0 Å². The van der Waals surface area contributed by atoms with Crippen LogP contribution < -0.4 is 9.80 Å². The smallest absolute Gasteiger partial charge is 0.238 e. The van der Waals surface area contributed by atoms with Gasteiger partial charge in [-0.05, 0) is 42.0 Å². The van der Waals surface area contributed by atoms with Gasteiger partial charge in [-0.25, -0.2) is 4.39 Å². The van der Waals surface area contributed by atoms with Gasteiger partial charge in [0.1, 0.15) is 11.2 Å². The minimum atomic E-state index is -0.264. The molecule has 2 aromatic rings. The fraction of sp³-hybridized carbons (Fsp3) is 0.316. The summed E-state index contributed by atoms with van der Waals surface area (Å²) in [6.07, 6.45) is 0. The SMILES string of the molecule is O=C1CSC(c2ccc(F)cc2)N1c1ccc(N2CCOCC2)cc1. The Balaban J connectivity index is 1.58. The van der Waals surface area contributed by atoms with Crippen LogP contribution in [-0.2, 0) is 9.53 Å². The predicted molar refractivity (Wildman–Crippen MR) is 98.6 cm³/mol. The van der Waals surface area contributed by atoms with Crippen LogP contribution in [0.5, 0.6) is 0 Å². The first-order valence-corrected chi connectivity index (χ1v) is 9.39. The summed E-state index contributed by atoms with van der Waals surface area (Å²) in [6.45, 7) is 3.26. The zero-order valence-electron chi connectivity index (χ0n) is 13.7. The topological polar surface area (TPSA) is 32.8 Å². The molecule has 1 atom stereocenters. The summed E-state index contributed by atoms with van der Waals surface area (Å²) in [5.41, 5.74) is 2.96. The third-order valence-corrected chi connectivity index (χ3v) is 5.74. The van der Waals surface area contributed by atoms with Crippen molar-refractivity contribution < 1.29 is 13.9 Å². The average Bonchev–Trinajstić information content (AvgIpc) is 3.05. The Labute approximate surface area is 150 Å². The van der Waals surface area contributed by atoms with Gasteiger partial charge in [0.05, 0.1) is 19.0 Å². The summed E-state index contributed by atoms with van der Waals surface area (Å²) < 4.78 is 18.6. The Kier molecular flexibility index (Phi) is 4.63. The first-order valence-electron chi connectivity index (χ1n) is 8.34. The monoisotopic (exact) mass is 358 g/mol. The first-order chi connectivity index (χ1) is 12.2. The molecular weight excluding hydrogens is 339 g/mol. The molecular formula is C19H19FN2O2S. The number of hydrogen-bond donors (Lipinski definition) is 0. The molecule has 130 valence electrons. The lowest BCUT2D eigenvalue weighted by Gasteiger charge is -2.30. The third-order valence-electron chi connectivity index (χ3n) is 4.53. The Morgan fingerprint density at radius 2 is 1.60 bits per heavy atom. The van der Waals surface area contributed by atoms with Crippen molar-refractivity contribution in [2.45, 2.75) is 5.37 Å². The second kappa shape index (κ2) is 7.06. The number of carbonyl (C=O) groups excluding carboxylic acids is 1. The number of rotatable bonds is 3. The summed E-state index contributed by atoms with van der Waals surface area (Å²) in [4.78, 5) is 16.5. The highest BCUT2D eigenvalue weighted by atomic mass is 32.2. The van der Waals surface area contributed by atoms with E-state index in [1.54, 1.807) is 28.8 Å². The van der Waals surface area contributed by atoms with Crippen LogP contribution >= 0.6 is 11.8 Å². The zero-order chi connectivity index (χ0) is 17.2. The number of morpholine rings is 1. The summed E-state index contributed by atoms with van der Waals surface area (Å²) in [5.74, 6) is 0.255. The van der Waals surface area contributed by atoms with Crippen LogP contribution in [0.1, 0.15) is 10.9 Å². The number of halogens is 1. The van der Waals surface area contributed by atoms with Crippen molar-refractivity contribution in [3.05, 3.63) is 59.9 Å². The van der Waals surface area contributed by atoms with Crippen LogP contribution in [0.15, 0.2) is 48.5 Å². The van der Waals surface area contributed by atoms with E-state index in [9.17, 15) is 9.18 Å². The molecule has 0 aromatic heterocycles. The molecule has 2 fully saturated rings. The highest BCUT2D eigenvalue weighted by Gasteiger charge is 2.34. The van der Waals surface area contributed by atoms with Crippen molar-refractivity contribution >= 4 is 29.0 Å². The number of amides is 1. The molecule has 6 heteroatoms. The van der Waals surface area contributed by atoms with Crippen molar-refractivity contribution in [3.63, 3.8) is 0 Å². The fourth-order valence-electron chi connectivity index (χ4n) is 3.22. The normalized spacial score (nSPS) is 21.0. The lowest BCUT2D eigenvalue weighted by atomic mass is 10.1. The quantitative estimate of drug-likeness (QED) is 0.841. The van der Waals surface area contributed by atoms with E-state index in [0.717, 1.165) is 43.2 Å². The van der Waals surface area contributed by atoms with Gasteiger partial charge in [0.15, 0.2) is 0 Å². The summed E-state index contributed by atoms with van der Waals surface area (Å²) in [7, 11) is 0. The maximum absolute atomic E-state index is 13.2. The number of thioether (sulfide) groups is 1. The van der Waals surface area contributed by atoms with Crippen molar-refractivity contribution in [2.24, 2.45) is 0 Å². The van der Waals surface area contributed by atoms with Crippen LogP contribution in [0.4, 0.5) is 15.8 Å². The molecule has 2 saturated heterocycles. The average molecular weight is 358 g/mol. The molecule has 2 aromatic carbocycles. The van der Waals surface area contributed by atoms with Gasteiger partial charge in [-0.1, -0.05) is 12.1 Å². The lowest BCUT2D eigenvalue weighted by molar-refractivity contribution is -0.115. The number of benzene rings is 2. The van der Waals surface area contributed by atoms with E-state index >= 15 is 0 Å². The van der Waals surface area contributed by atoms with Crippen molar-refractivity contribution in [3.8, 4) is 0 Å². The van der Waals surface area contributed by atoms with Crippen LogP contribution in [0, 0.1) is 5.82 Å². The second-order valence-electron chi connectivity index (χ2n) is 6.09. The molecule has 25 heavy (non-hydrogen) atoms. The van der Waals surface area contributed by atoms with E-state index in [1.165, 1.54) is 12.1 Å². The molecule has 0 aliphatic carbocycles. The predicted octanol–water partition coefficient (Wildman–Crippen LogP) is 3.44. The molecule has 1 amide bonds. The zero-order valence-corrected chi connectivity index (χ0v) is 14.5. The summed E-state index contributed by atoms with van der Waals surface area (Å²) >= 11 is 1.57. The van der Waals surface area contributed by atoms with Crippen LogP contribution in [0.3, 0.4) is 0 Å².